The zero-order chi connectivity index (χ0) is 16.2. The maximum Gasteiger partial charge on any atom is 0.162 e. The van der Waals surface area contributed by atoms with Crippen LogP contribution in [0.4, 0.5) is 5.82 Å². The summed E-state index contributed by atoms with van der Waals surface area (Å²) in [6, 6.07) is 7.64. The lowest BCUT2D eigenvalue weighted by Crippen LogP contribution is -2.10. The molecule has 0 spiro atoms. The third-order valence-corrected chi connectivity index (χ3v) is 3.91. The van der Waals surface area contributed by atoms with E-state index in [-0.39, 0.29) is 5.78 Å². The zero-order valence-corrected chi connectivity index (χ0v) is 13.2. The number of nitrogens with two attached hydrogens (primary N) is 1. The highest BCUT2D eigenvalue weighted by atomic mass is 16.1. The molecule has 3 aromatic rings. The number of rotatable bonds is 6. The maximum atomic E-state index is 11.9. The third-order valence-electron chi connectivity index (χ3n) is 3.91. The number of nitrogens with zero attached hydrogens (tertiary/aromatic N) is 2. The van der Waals surface area contributed by atoms with Gasteiger partial charge in [-0.2, -0.15) is 0 Å². The van der Waals surface area contributed by atoms with Gasteiger partial charge in [0.15, 0.2) is 5.78 Å². The Morgan fingerprint density at radius 3 is 2.87 bits per heavy atom. The molecule has 0 atom stereocenters. The normalized spacial score (nSPS) is 11.0. The van der Waals surface area contributed by atoms with Crippen LogP contribution in [-0.2, 0) is 0 Å². The number of anilines is 1. The fourth-order valence-corrected chi connectivity index (χ4v) is 2.67. The number of ketones is 1. The average molecular weight is 308 g/mol. The molecule has 2 aromatic heterocycles. The van der Waals surface area contributed by atoms with Crippen LogP contribution in [0.15, 0.2) is 36.7 Å². The quantitative estimate of drug-likeness (QED) is 0.415. The first-order valence-electron chi connectivity index (χ1n) is 7.89. The lowest BCUT2D eigenvalue weighted by atomic mass is 10.0. The number of pyridine rings is 2. The molecule has 0 bridgehead atoms. The largest absolute Gasteiger partial charge is 0.369 e. The lowest BCUT2D eigenvalue weighted by molar-refractivity contribution is 0.0988. The summed E-state index contributed by atoms with van der Waals surface area (Å²) in [6.07, 6.45) is 4.97. The second kappa shape index (κ2) is 6.71. The number of nitrogens with one attached hydrogen (secondary N) is 1. The highest BCUT2D eigenvalue weighted by molar-refractivity contribution is 6.11. The second-order valence-corrected chi connectivity index (χ2v) is 5.46. The highest BCUT2D eigenvalue weighted by Gasteiger charge is 2.10. The van der Waals surface area contributed by atoms with E-state index in [0.717, 1.165) is 40.5 Å². The maximum absolute atomic E-state index is 11.9. The Kier molecular flexibility index (Phi) is 4.48. The molecule has 0 fully saturated rings. The number of carbonyl (C=O) groups is 1. The van der Waals surface area contributed by atoms with E-state index in [0.29, 0.717) is 18.5 Å². The Morgan fingerprint density at radius 2 is 2.09 bits per heavy atom. The molecule has 2 heterocycles. The number of Topliss-reactive ketones (excluding diaryl/α,β-unsaturated/α-hetero) is 1. The number of hydrogen-bond acceptors (Lipinski definition) is 5. The topological polar surface area (TPSA) is 80.9 Å². The van der Waals surface area contributed by atoms with Crippen LogP contribution < -0.4 is 11.1 Å². The van der Waals surface area contributed by atoms with Crippen molar-refractivity contribution in [3.63, 3.8) is 0 Å². The SMILES string of the molecule is CCC(=O)c1ccc2c(c1)nc(NCCCN)c1ccncc12. The molecule has 1 aromatic carbocycles. The number of benzene rings is 1. The summed E-state index contributed by atoms with van der Waals surface area (Å²) in [5, 5.41) is 6.40. The summed E-state index contributed by atoms with van der Waals surface area (Å²) in [5.41, 5.74) is 7.06. The molecule has 0 radical (unpaired) electrons. The van der Waals surface area contributed by atoms with Gasteiger partial charge in [-0.15, -0.1) is 0 Å². The molecule has 3 rings (SSSR count). The Balaban J connectivity index is 2.17. The van der Waals surface area contributed by atoms with Crippen molar-refractivity contribution >= 4 is 33.3 Å². The highest BCUT2D eigenvalue weighted by Crippen LogP contribution is 2.29. The summed E-state index contributed by atoms with van der Waals surface area (Å²) in [5.74, 6) is 0.932. The molecular formula is C18H20N4O. The van der Waals surface area contributed by atoms with E-state index in [1.807, 2.05) is 37.4 Å². The van der Waals surface area contributed by atoms with Gasteiger partial charge >= 0.3 is 0 Å². The van der Waals surface area contributed by atoms with Crippen LogP contribution in [0.25, 0.3) is 21.7 Å². The van der Waals surface area contributed by atoms with Crippen LogP contribution in [0.5, 0.6) is 0 Å². The number of aromatic nitrogens is 2. The Bertz CT molecular complexity index is 860. The van der Waals surface area contributed by atoms with Gasteiger partial charge in [0, 0.05) is 47.1 Å². The molecule has 0 aliphatic carbocycles. The Labute approximate surface area is 134 Å². The minimum atomic E-state index is 0.123. The molecule has 23 heavy (non-hydrogen) atoms. The van der Waals surface area contributed by atoms with Crippen LogP contribution >= 0.6 is 0 Å². The van der Waals surface area contributed by atoms with E-state index in [1.54, 1.807) is 6.20 Å². The molecule has 5 nitrogen and oxygen atoms in total. The fourth-order valence-electron chi connectivity index (χ4n) is 2.67. The minimum Gasteiger partial charge on any atom is -0.369 e. The van der Waals surface area contributed by atoms with Gasteiger partial charge in [-0.3, -0.25) is 9.78 Å². The molecule has 5 heteroatoms. The average Bonchev–Trinajstić information content (AvgIpc) is 2.60. The molecule has 0 saturated heterocycles. The van der Waals surface area contributed by atoms with Gasteiger partial charge in [0.25, 0.3) is 0 Å². The van der Waals surface area contributed by atoms with E-state index in [4.69, 9.17) is 10.7 Å². The molecular weight excluding hydrogens is 288 g/mol. The summed E-state index contributed by atoms with van der Waals surface area (Å²) in [6.45, 7) is 3.26. The Hall–Kier alpha value is -2.53. The number of hydrogen-bond donors (Lipinski definition) is 2. The summed E-state index contributed by atoms with van der Waals surface area (Å²) < 4.78 is 0. The predicted molar refractivity (Wildman–Crippen MR) is 93.8 cm³/mol. The van der Waals surface area contributed by atoms with E-state index in [2.05, 4.69) is 10.3 Å². The second-order valence-electron chi connectivity index (χ2n) is 5.46. The lowest BCUT2D eigenvalue weighted by Gasteiger charge is -2.11. The molecule has 0 aliphatic heterocycles. The van der Waals surface area contributed by atoms with Gasteiger partial charge in [-0.1, -0.05) is 19.1 Å². The molecule has 0 aliphatic rings. The van der Waals surface area contributed by atoms with Gasteiger partial charge in [-0.25, -0.2) is 4.98 Å². The van der Waals surface area contributed by atoms with Crippen molar-refractivity contribution in [3.05, 3.63) is 42.2 Å². The molecule has 0 amide bonds. The van der Waals surface area contributed by atoms with Gasteiger partial charge in [-0.05, 0) is 25.1 Å². The van der Waals surface area contributed by atoms with E-state index < -0.39 is 0 Å². The monoisotopic (exact) mass is 308 g/mol. The fraction of sp³-hybridized carbons (Fsp3) is 0.278. The van der Waals surface area contributed by atoms with Crippen molar-refractivity contribution in [1.82, 2.24) is 9.97 Å². The van der Waals surface area contributed by atoms with Crippen molar-refractivity contribution in [1.29, 1.82) is 0 Å². The van der Waals surface area contributed by atoms with Crippen molar-refractivity contribution in [2.75, 3.05) is 18.4 Å². The van der Waals surface area contributed by atoms with Crippen LogP contribution in [0.2, 0.25) is 0 Å². The molecule has 0 unspecified atom stereocenters. The van der Waals surface area contributed by atoms with E-state index >= 15 is 0 Å². The first kappa shape index (κ1) is 15.4. The first-order chi connectivity index (χ1) is 11.2. The van der Waals surface area contributed by atoms with Crippen LogP contribution in [-0.4, -0.2) is 28.8 Å². The van der Waals surface area contributed by atoms with Gasteiger partial charge in [0.1, 0.15) is 5.82 Å². The summed E-state index contributed by atoms with van der Waals surface area (Å²) in [4.78, 5) is 20.9. The minimum absolute atomic E-state index is 0.123. The van der Waals surface area contributed by atoms with Gasteiger partial charge in [0.2, 0.25) is 0 Å². The summed E-state index contributed by atoms with van der Waals surface area (Å²) in [7, 11) is 0. The standard InChI is InChI=1S/C18H20N4O/c1-2-17(23)12-4-5-13-15-11-20-9-6-14(15)18(21-8-3-7-19)22-16(13)10-12/h4-6,9-11H,2-3,7-8,19H2,1H3,(H,21,22). The molecule has 0 saturated carbocycles. The van der Waals surface area contributed by atoms with Crippen LogP contribution in [0.1, 0.15) is 30.1 Å². The third kappa shape index (κ3) is 3.00. The van der Waals surface area contributed by atoms with Crippen molar-refractivity contribution < 1.29 is 4.79 Å². The zero-order valence-electron chi connectivity index (χ0n) is 13.2. The molecule has 118 valence electrons. The van der Waals surface area contributed by atoms with Crippen LogP contribution in [0.3, 0.4) is 0 Å². The van der Waals surface area contributed by atoms with E-state index in [9.17, 15) is 4.79 Å². The molecule has 3 N–H and O–H groups in total. The number of fused-ring (bicyclic) bond motifs is 3. The predicted octanol–water partition coefficient (Wildman–Crippen LogP) is 3.14. The van der Waals surface area contributed by atoms with Gasteiger partial charge in [0.05, 0.1) is 5.52 Å². The van der Waals surface area contributed by atoms with Crippen molar-refractivity contribution in [2.24, 2.45) is 5.73 Å². The van der Waals surface area contributed by atoms with Crippen molar-refractivity contribution in [3.8, 4) is 0 Å². The Morgan fingerprint density at radius 1 is 1.22 bits per heavy atom. The van der Waals surface area contributed by atoms with Crippen molar-refractivity contribution in [2.45, 2.75) is 19.8 Å². The number of carbonyl (C=O) groups excluding carboxylic acids is 1. The smallest absolute Gasteiger partial charge is 0.162 e. The van der Waals surface area contributed by atoms with Crippen LogP contribution in [0, 0.1) is 0 Å². The first-order valence-corrected chi connectivity index (χ1v) is 7.89. The van der Waals surface area contributed by atoms with Gasteiger partial charge < -0.3 is 11.1 Å². The van der Waals surface area contributed by atoms with E-state index in [1.165, 1.54) is 0 Å². The summed E-state index contributed by atoms with van der Waals surface area (Å²) >= 11 is 0.